The van der Waals surface area contributed by atoms with Crippen molar-refractivity contribution in [1.82, 2.24) is 14.3 Å². The first kappa shape index (κ1) is 20.5. The SMILES string of the molecule is COC[C@@H]1CCCN1CCOc1ccc2oc(-c3cc4cccn4cn3)c/c(=N\O)c2c1. The third-order valence-corrected chi connectivity index (χ3v) is 6.00. The van der Waals surface area contributed by atoms with Crippen LogP contribution in [0.15, 0.2) is 64.6 Å². The van der Waals surface area contributed by atoms with Crippen molar-refractivity contribution in [1.29, 1.82) is 0 Å². The lowest BCUT2D eigenvalue weighted by atomic mass is 10.2. The Labute approximate surface area is 185 Å². The molecule has 0 aliphatic carbocycles. The van der Waals surface area contributed by atoms with Crippen molar-refractivity contribution in [3.63, 3.8) is 0 Å². The largest absolute Gasteiger partial charge is 0.492 e. The predicted octanol–water partition coefficient (Wildman–Crippen LogP) is 3.53. The molecular formula is C24H26N4O4. The lowest BCUT2D eigenvalue weighted by Gasteiger charge is -2.23. The molecule has 0 amide bonds. The quantitative estimate of drug-likeness (QED) is 0.354. The zero-order valence-electron chi connectivity index (χ0n) is 18.0. The molecular weight excluding hydrogens is 408 g/mol. The summed E-state index contributed by atoms with van der Waals surface area (Å²) in [6.07, 6.45) is 6.03. The van der Waals surface area contributed by atoms with Gasteiger partial charge in [-0.2, -0.15) is 0 Å². The zero-order valence-corrected chi connectivity index (χ0v) is 18.0. The minimum absolute atomic E-state index is 0.406. The number of fused-ring (bicyclic) bond motifs is 2. The topological polar surface area (TPSA) is 84.7 Å². The number of rotatable bonds is 7. The summed E-state index contributed by atoms with van der Waals surface area (Å²) in [5.74, 6) is 1.24. The highest BCUT2D eigenvalue weighted by atomic mass is 16.5. The van der Waals surface area contributed by atoms with Crippen molar-refractivity contribution in [2.75, 3.05) is 33.4 Å². The molecule has 1 aromatic carbocycles. The van der Waals surface area contributed by atoms with Crippen molar-refractivity contribution in [2.24, 2.45) is 5.16 Å². The summed E-state index contributed by atoms with van der Waals surface area (Å²) in [6.45, 7) is 3.26. The molecule has 1 aliphatic heterocycles. The van der Waals surface area contributed by atoms with Gasteiger partial charge in [-0.3, -0.25) is 4.90 Å². The van der Waals surface area contributed by atoms with Crippen molar-refractivity contribution in [3.05, 3.63) is 60.3 Å². The van der Waals surface area contributed by atoms with Gasteiger partial charge in [0.05, 0.1) is 18.3 Å². The van der Waals surface area contributed by atoms with Gasteiger partial charge < -0.3 is 23.5 Å². The molecule has 4 aromatic rings. The molecule has 1 fully saturated rings. The second-order valence-electron chi connectivity index (χ2n) is 8.00. The molecule has 1 aliphatic rings. The molecule has 32 heavy (non-hydrogen) atoms. The Morgan fingerprint density at radius 3 is 3.06 bits per heavy atom. The minimum Gasteiger partial charge on any atom is -0.492 e. The van der Waals surface area contributed by atoms with Gasteiger partial charge in [0.15, 0.2) is 5.76 Å². The van der Waals surface area contributed by atoms with Crippen LogP contribution in [0.5, 0.6) is 5.75 Å². The van der Waals surface area contributed by atoms with Crippen LogP contribution in [0.25, 0.3) is 27.9 Å². The van der Waals surface area contributed by atoms with Gasteiger partial charge in [-0.15, -0.1) is 0 Å². The molecule has 0 radical (unpaired) electrons. The Morgan fingerprint density at radius 2 is 2.19 bits per heavy atom. The molecule has 0 bridgehead atoms. The van der Waals surface area contributed by atoms with E-state index in [-0.39, 0.29) is 0 Å². The van der Waals surface area contributed by atoms with Gasteiger partial charge in [-0.25, -0.2) is 4.98 Å². The molecule has 5 rings (SSSR count). The minimum atomic E-state index is 0.406. The van der Waals surface area contributed by atoms with Gasteiger partial charge >= 0.3 is 0 Å². The summed E-state index contributed by atoms with van der Waals surface area (Å²) in [6, 6.07) is 13.6. The predicted molar refractivity (Wildman–Crippen MR) is 120 cm³/mol. The van der Waals surface area contributed by atoms with Crippen molar-refractivity contribution < 1.29 is 19.1 Å². The number of nitrogens with zero attached hydrogens (tertiary/aromatic N) is 4. The highest BCUT2D eigenvalue weighted by Gasteiger charge is 2.23. The van der Waals surface area contributed by atoms with Crippen molar-refractivity contribution in [3.8, 4) is 17.2 Å². The van der Waals surface area contributed by atoms with Crippen LogP contribution < -0.4 is 10.1 Å². The number of hydrogen-bond donors (Lipinski definition) is 1. The standard InChI is InChI=1S/C24H26N4O4/c1-30-15-18-5-3-8-27(18)10-11-31-19-6-7-23-20(13-19)21(26-29)14-24(32-23)22-12-17-4-2-9-28(17)16-25-22/h2,4,6-7,9,12-14,16,18,29H,3,5,8,10-11,15H2,1H3/b26-21+/t18-/m0/s1. The van der Waals surface area contributed by atoms with Crippen molar-refractivity contribution >= 4 is 16.5 Å². The van der Waals surface area contributed by atoms with E-state index in [2.05, 4.69) is 15.0 Å². The molecule has 1 N–H and O–H groups in total. The normalized spacial score (nSPS) is 17.5. The molecule has 166 valence electrons. The first-order valence-corrected chi connectivity index (χ1v) is 10.8. The molecule has 0 unspecified atom stereocenters. The van der Waals surface area contributed by atoms with E-state index in [1.807, 2.05) is 47.0 Å². The summed E-state index contributed by atoms with van der Waals surface area (Å²) in [4.78, 5) is 6.87. The average molecular weight is 434 g/mol. The Morgan fingerprint density at radius 1 is 1.25 bits per heavy atom. The van der Waals surface area contributed by atoms with Gasteiger partial charge in [0, 0.05) is 37.5 Å². The number of aromatic nitrogens is 2. The molecule has 1 atom stereocenters. The van der Waals surface area contributed by atoms with E-state index < -0.39 is 0 Å². The third-order valence-electron chi connectivity index (χ3n) is 6.00. The van der Waals surface area contributed by atoms with E-state index in [0.717, 1.165) is 25.2 Å². The molecule has 3 aromatic heterocycles. The van der Waals surface area contributed by atoms with Gasteiger partial charge in [0.2, 0.25) is 0 Å². The number of hydrogen-bond acceptors (Lipinski definition) is 7. The van der Waals surface area contributed by atoms with E-state index in [9.17, 15) is 5.21 Å². The van der Waals surface area contributed by atoms with Gasteiger partial charge in [-0.1, -0.05) is 5.16 Å². The molecule has 4 heterocycles. The van der Waals surface area contributed by atoms with Crippen molar-refractivity contribution in [2.45, 2.75) is 18.9 Å². The highest BCUT2D eigenvalue weighted by Crippen LogP contribution is 2.25. The fraction of sp³-hybridized carbons (Fsp3) is 0.333. The van der Waals surface area contributed by atoms with Crippen LogP contribution in [0.3, 0.4) is 0 Å². The summed E-state index contributed by atoms with van der Waals surface area (Å²) in [7, 11) is 1.75. The second kappa shape index (κ2) is 9.02. The number of benzene rings is 1. The Kier molecular flexibility index (Phi) is 5.79. The molecule has 8 nitrogen and oxygen atoms in total. The van der Waals surface area contributed by atoms with E-state index in [1.54, 1.807) is 19.5 Å². The fourth-order valence-electron chi connectivity index (χ4n) is 4.37. The van der Waals surface area contributed by atoms with Crippen LogP contribution in [0, 0.1) is 0 Å². The molecule has 8 heteroatoms. The summed E-state index contributed by atoms with van der Waals surface area (Å²) < 4.78 is 19.3. The van der Waals surface area contributed by atoms with Crippen LogP contribution >= 0.6 is 0 Å². The van der Waals surface area contributed by atoms with Gasteiger partial charge in [0.1, 0.15) is 29.0 Å². The first-order chi connectivity index (χ1) is 15.7. The lowest BCUT2D eigenvalue weighted by molar-refractivity contribution is 0.105. The maximum absolute atomic E-state index is 9.64. The van der Waals surface area contributed by atoms with E-state index in [0.29, 0.717) is 46.2 Å². The number of ether oxygens (including phenoxy) is 2. The van der Waals surface area contributed by atoms with Crippen LogP contribution in [-0.2, 0) is 4.74 Å². The Bertz CT molecular complexity index is 1300. The summed E-state index contributed by atoms with van der Waals surface area (Å²) in [5.41, 5.74) is 2.27. The van der Waals surface area contributed by atoms with Crippen LogP contribution in [-0.4, -0.2) is 58.9 Å². The molecule has 0 saturated carbocycles. The van der Waals surface area contributed by atoms with Crippen LogP contribution in [0.2, 0.25) is 0 Å². The monoisotopic (exact) mass is 434 g/mol. The van der Waals surface area contributed by atoms with Crippen LogP contribution in [0.1, 0.15) is 12.8 Å². The van der Waals surface area contributed by atoms with E-state index >= 15 is 0 Å². The maximum atomic E-state index is 9.64. The van der Waals surface area contributed by atoms with Gasteiger partial charge in [0.25, 0.3) is 0 Å². The van der Waals surface area contributed by atoms with Crippen LogP contribution in [0.4, 0.5) is 0 Å². The Hall–Kier alpha value is -3.36. The summed E-state index contributed by atoms with van der Waals surface area (Å²) in [5, 5.41) is 14.2. The smallest absolute Gasteiger partial charge is 0.155 e. The maximum Gasteiger partial charge on any atom is 0.155 e. The summed E-state index contributed by atoms with van der Waals surface area (Å²) >= 11 is 0. The fourth-order valence-corrected chi connectivity index (χ4v) is 4.37. The molecule has 1 saturated heterocycles. The van der Waals surface area contributed by atoms with E-state index in [1.165, 1.54) is 12.8 Å². The molecule has 0 spiro atoms. The first-order valence-electron chi connectivity index (χ1n) is 10.8. The lowest BCUT2D eigenvalue weighted by Crippen LogP contribution is -2.35. The second-order valence-corrected chi connectivity index (χ2v) is 8.00. The Balaban J connectivity index is 1.36. The van der Waals surface area contributed by atoms with E-state index in [4.69, 9.17) is 13.9 Å². The number of methoxy groups -OCH3 is 1. The number of likely N-dealkylation sites (tertiary alicyclic amines) is 1. The highest BCUT2D eigenvalue weighted by molar-refractivity contribution is 5.80. The third kappa shape index (κ3) is 4.06. The van der Waals surface area contributed by atoms with Gasteiger partial charge in [-0.05, 0) is 55.8 Å². The average Bonchev–Trinajstić information content (AvgIpc) is 3.47. The zero-order chi connectivity index (χ0) is 21.9.